The van der Waals surface area contributed by atoms with E-state index in [1.807, 2.05) is 16.8 Å². The van der Waals surface area contributed by atoms with Gasteiger partial charge in [0.15, 0.2) is 9.84 Å². The number of nitrogens with zero attached hydrogens (tertiary/aromatic N) is 1. The second-order valence-corrected chi connectivity index (χ2v) is 9.35. The predicted octanol–water partition coefficient (Wildman–Crippen LogP) is 3.33. The van der Waals surface area contributed by atoms with Gasteiger partial charge in [-0.25, -0.2) is 8.42 Å². The highest BCUT2D eigenvalue weighted by molar-refractivity contribution is 7.91. The van der Waals surface area contributed by atoms with Gasteiger partial charge >= 0.3 is 0 Å². The second-order valence-electron chi connectivity index (χ2n) is 5.85. The number of hydrogen-bond donors (Lipinski definition) is 0. The van der Waals surface area contributed by atoms with Crippen molar-refractivity contribution in [1.82, 2.24) is 4.90 Å². The third kappa shape index (κ3) is 3.82. The number of halogens is 1. The molecule has 1 amide bonds. The summed E-state index contributed by atoms with van der Waals surface area (Å²) in [5.41, 5.74) is 1.60. The minimum Gasteiger partial charge on any atom is -0.341 e. The van der Waals surface area contributed by atoms with Crippen LogP contribution in [-0.2, 0) is 21.1 Å². The molecule has 3 rings (SSSR count). The Kier molecular flexibility index (Phi) is 5.27. The van der Waals surface area contributed by atoms with Gasteiger partial charge in [0.05, 0.1) is 17.4 Å². The molecule has 1 aliphatic heterocycles. The van der Waals surface area contributed by atoms with E-state index in [1.54, 1.807) is 40.5 Å². The number of hydrogen-bond acceptors (Lipinski definition) is 4. The quantitative estimate of drug-likeness (QED) is 0.816. The maximum atomic E-state index is 12.6. The average molecular weight is 384 g/mol. The maximum Gasteiger partial charge on any atom is 0.227 e. The van der Waals surface area contributed by atoms with Gasteiger partial charge in [-0.05, 0) is 40.4 Å². The number of benzene rings is 1. The van der Waals surface area contributed by atoms with Crippen LogP contribution in [0.15, 0.2) is 41.1 Å². The normalized spacial score (nSPS) is 20.5. The minimum atomic E-state index is -3.34. The topological polar surface area (TPSA) is 54.5 Å². The Labute approximate surface area is 151 Å². The fraction of sp³-hybridized carbons (Fsp3) is 0.353. The Balaban J connectivity index is 1.77. The third-order valence-electron chi connectivity index (χ3n) is 4.28. The summed E-state index contributed by atoms with van der Waals surface area (Å²) in [7, 11) is -3.34. The van der Waals surface area contributed by atoms with Gasteiger partial charge in [0, 0.05) is 18.1 Å². The van der Waals surface area contributed by atoms with E-state index in [0.717, 1.165) is 5.56 Å². The Morgan fingerprint density at radius 1 is 1.25 bits per heavy atom. The largest absolute Gasteiger partial charge is 0.341 e. The van der Waals surface area contributed by atoms with E-state index < -0.39 is 15.1 Å². The smallest absolute Gasteiger partial charge is 0.227 e. The van der Waals surface area contributed by atoms with Crippen molar-refractivity contribution in [3.05, 3.63) is 57.2 Å². The zero-order chi connectivity index (χ0) is 17.2. The Morgan fingerprint density at radius 2 is 2.04 bits per heavy atom. The van der Waals surface area contributed by atoms with Crippen molar-refractivity contribution in [3.63, 3.8) is 0 Å². The summed E-state index contributed by atoms with van der Waals surface area (Å²) < 4.78 is 25.3. The van der Waals surface area contributed by atoms with Gasteiger partial charge in [0.1, 0.15) is 0 Å². The van der Waals surface area contributed by atoms with Crippen molar-refractivity contribution >= 4 is 38.7 Å². The monoisotopic (exact) mass is 383 g/mol. The number of carbonyl (C=O) groups is 1. The van der Waals surface area contributed by atoms with Crippen LogP contribution in [0.2, 0.25) is 5.02 Å². The van der Waals surface area contributed by atoms with Crippen LogP contribution in [0.3, 0.4) is 0 Å². The van der Waals surface area contributed by atoms with Gasteiger partial charge in [-0.15, -0.1) is 0 Å². The molecule has 1 aromatic carbocycles. The van der Waals surface area contributed by atoms with E-state index in [4.69, 9.17) is 11.6 Å². The first-order chi connectivity index (χ1) is 11.5. The molecule has 1 aliphatic rings. The molecule has 0 bridgehead atoms. The number of amides is 1. The average Bonchev–Trinajstić information content (AvgIpc) is 2.98. The van der Waals surface area contributed by atoms with E-state index in [1.165, 1.54) is 0 Å². The van der Waals surface area contributed by atoms with Crippen LogP contribution in [0.5, 0.6) is 0 Å². The standard InChI is InChI=1S/C17H18ClNO3S2/c18-15-4-2-1-3-14(15)16-5-7-19(8-10-24(16,21)22)17(20)11-13-6-9-23-12-13/h1-4,6,9,12,16H,5,7-8,10-11H2/t16-/m0/s1. The fourth-order valence-corrected chi connectivity index (χ4v) is 5.78. The zero-order valence-corrected chi connectivity index (χ0v) is 15.4. The molecule has 0 unspecified atom stereocenters. The molecule has 0 radical (unpaired) electrons. The lowest BCUT2D eigenvalue weighted by Gasteiger charge is -2.20. The molecule has 1 fully saturated rings. The van der Waals surface area contributed by atoms with Crippen LogP contribution in [0.4, 0.5) is 0 Å². The Morgan fingerprint density at radius 3 is 2.75 bits per heavy atom. The highest BCUT2D eigenvalue weighted by Gasteiger charge is 2.33. The molecular weight excluding hydrogens is 366 g/mol. The van der Waals surface area contributed by atoms with Gasteiger partial charge in [-0.1, -0.05) is 29.8 Å². The summed E-state index contributed by atoms with van der Waals surface area (Å²) in [5, 5.41) is 3.69. The molecule has 1 atom stereocenters. The Bertz CT molecular complexity index is 818. The molecule has 128 valence electrons. The SMILES string of the molecule is O=C(Cc1ccsc1)N1CC[C@@H](c2ccccc2Cl)S(=O)(=O)CC1. The molecule has 0 spiro atoms. The van der Waals surface area contributed by atoms with Crippen molar-refractivity contribution in [2.45, 2.75) is 18.1 Å². The van der Waals surface area contributed by atoms with Gasteiger partial charge < -0.3 is 4.90 Å². The van der Waals surface area contributed by atoms with Crippen LogP contribution in [-0.4, -0.2) is 38.1 Å². The summed E-state index contributed by atoms with van der Waals surface area (Å²) in [6, 6.07) is 8.96. The summed E-state index contributed by atoms with van der Waals surface area (Å²) in [6.45, 7) is 0.671. The number of thiophene rings is 1. The lowest BCUT2D eigenvalue weighted by molar-refractivity contribution is -0.130. The molecule has 0 N–H and O–H groups in total. The Hall–Kier alpha value is -1.37. The highest BCUT2D eigenvalue weighted by Crippen LogP contribution is 2.33. The molecule has 1 aromatic heterocycles. The van der Waals surface area contributed by atoms with Crippen molar-refractivity contribution in [1.29, 1.82) is 0 Å². The molecule has 24 heavy (non-hydrogen) atoms. The van der Waals surface area contributed by atoms with Gasteiger partial charge in [-0.3, -0.25) is 4.79 Å². The van der Waals surface area contributed by atoms with Crippen molar-refractivity contribution in [2.24, 2.45) is 0 Å². The van der Waals surface area contributed by atoms with Crippen molar-refractivity contribution in [3.8, 4) is 0 Å². The van der Waals surface area contributed by atoms with Crippen LogP contribution in [0.25, 0.3) is 0 Å². The van der Waals surface area contributed by atoms with E-state index in [0.29, 0.717) is 30.0 Å². The number of carbonyl (C=O) groups excluding carboxylic acids is 1. The molecule has 4 nitrogen and oxygen atoms in total. The van der Waals surface area contributed by atoms with Crippen molar-refractivity contribution < 1.29 is 13.2 Å². The minimum absolute atomic E-state index is 0.0246. The molecule has 7 heteroatoms. The van der Waals surface area contributed by atoms with Crippen LogP contribution >= 0.6 is 22.9 Å². The first-order valence-corrected chi connectivity index (χ1v) is 10.8. The summed E-state index contributed by atoms with van der Waals surface area (Å²) >= 11 is 7.74. The van der Waals surface area contributed by atoms with E-state index in [-0.39, 0.29) is 18.2 Å². The molecule has 0 saturated carbocycles. The van der Waals surface area contributed by atoms with Gasteiger partial charge in [0.25, 0.3) is 0 Å². The first kappa shape index (κ1) is 17.5. The van der Waals surface area contributed by atoms with Crippen molar-refractivity contribution in [2.75, 3.05) is 18.8 Å². The van der Waals surface area contributed by atoms with Crippen LogP contribution < -0.4 is 0 Å². The molecule has 2 aromatic rings. The first-order valence-electron chi connectivity index (χ1n) is 7.72. The van der Waals surface area contributed by atoms with E-state index in [9.17, 15) is 13.2 Å². The summed E-state index contributed by atoms with van der Waals surface area (Å²) in [6.07, 6.45) is 0.696. The van der Waals surface area contributed by atoms with Gasteiger partial charge in [-0.2, -0.15) is 11.3 Å². The lowest BCUT2D eigenvalue weighted by atomic mass is 10.1. The highest BCUT2D eigenvalue weighted by atomic mass is 35.5. The zero-order valence-electron chi connectivity index (χ0n) is 13.0. The molecule has 1 saturated heterocycles. The van der Waals surface area contributed by atoms with Crippen LogP contribution in [0, 0.1) is 0 Å². The number of rotatable bonds is 3. The number of sulfone groups is 1. The molecular formula is C17H18ClNO3S2. The summed E-state index contributed by atoms with van der Waals surface area (Å²) in [5.74, 6) is -0.0541. The predicted molar refractivity (Wildman–Crippen MR) is 97.2 cm³/mol. The summed E-state index contributed by atoms with van der Waals surface area (Å²) in [4.78, 5) is 14.1. The molecule has 2 heterocycles. The van der Waals surface area contributed by atoms with Crippen LogP contribution in [0.1, 0.15) is 22.8 Å². The van der Waals surface area contributed by atoms with Gasteiger partial charge in [0.2, 0.25) is 5.91 Å². The lowest BCUT2D eigenvalue weighted by Crippen LogP contribution is -2.34. The van der Waals surface area contributed by atoms with E-state index in [2.05, 4.69) is 0 Å². The fourth-order valence-electron chi connectivity index (χ4n) is 2.96. The second kappa shape index (κ2) is 7.25. The molecule has 0 aliphatic carbocycles. The maximum absolute atomic E-state index is 12.6. The third-order valence-corrected chi connectivity index (χ3v) is 7.47. The van der Waals surface area contributed by atoms with E-state index >= 15 is 0 Å².